The number of hydrogen-bond donors (Lipinski definition) is 1. The Morgan fingerprint density at radius 3 is 2.62 bits per heavy atom. The minimum Gasteiger partial charge on any atom is -0.492 e. The van der Waals surface area contributed by atoms with E-state index >= 15 is 0 Å². The van der Waals surface area contributed by atoms with Gasteiger partial charge in [0.1, 0.15) is 18.3 Å². The number of carbonyl (C=O) groups excluding carboxylic acids is 1. The van der Waals surface area contributed by atoms with E-state index in [1.165, 1.54) is 0 Å². The summed E-state index contributed by atoms with van der Waals surface area (Å²) in [7, 11) is 0. The van der Waals surface area contributed by atoms with E-state index in [1.807, 2.05) is 48.5 Å². The molecule has 1 aliphatic rings. The first-order valence-electron chi connectivity index (χ1n) is 6.91. The topological polar surface area (TPSA) is 38.3 Å². The smallest absolute Gasteiger partial charge is 0.231 e. The van der Waals surface area contributed by atoms with Gasteiger partial charge in [0.15, 0.2) is 0 Å². The van der Waals surface area contributed by atoms with Crippen LogP contribution in [0.25, 0.3) is 0 Å². The lowest BCUT2D eigenvalue weighted by Gasteiger charge is -2.10. The lowest BCUT2D eigenvalue weighted by atomic mass is 10.0. The Morgan fingerprint density at radius 1 is 1.14 bits per heavy atom. The summed E-state index contributed by atoms with van der Waals surface area (Å²) in [6.45, 7) is 0.927. The summed E-state index contributed by atoms with van der Waals surface area (Å²) in [5.74, 6) is 1.09. The highest BCUT2D eigenvalue weighted by molar-refractivity contribution is 6.17. The molecule has 2 aromatic carbocycles. The van der Waals surface area contributed by atoms with Crippen LogP contribution in [0.1, 0.15) is 22.6 Å². The van der Waals surface area contributed by atoms with Crippen LogP contribution < -0.4 is 10.1 Å². The molecular formula is C17H16ClNO2. The van der Waals surface area contributed by atoms with E-state index in [9.17, 15) is 4.79 Å². The summed E-state index contributed by atoms with van der Waals surface area (Å²) >= 11 is 5.76. The molecule has 1 atom stereocenters. The Bertz CT molecular complexity index is 639. The van der Waals surface area contributed by atoms with Crippen LogP contribution >= 0.6 is 11.6 Å². The highest BCUT2D eigenvalue weighted by Crippen LogP contribution is 2.33. The van der Waals surface area contributed by atoms with E-state index < -0.39 is 0 Å². The lowest BCUT2D eigenvalue weighted by molar-refractivity contribution is -0.122. The quantitative estimate of drug-likeness (QED) is 0.881. The van der Waals surface area contributed by atoms with Gasteiger partial charge >= 0.3 is 0 Å². The highest BCUT2D eigenvalue weighted by Gasteiger charge is 2.29. The molecule has 1 heterocycles. The van der Waals surface area contributed by atoms with Crippen LogP contribution in [-0.2, 0) is 17.2 Å². The second-order valence-corrected chi connectivity index (χ2v) is 5.34. The molecule has 108 valence electrons. The Labute approximate surface area is 128 Å². The fraction of sp³-hybridized carbons (Fsp3) is 0.235. The molecule has 3 rings (SSSR count). The van der Waals surface area contributed by atoms with Gasteiger partial charge in [-0.25, -0.2) is 0 Å². The molecule has 0 saturated carbocycles. The minimum absolute atomic E-state index is 0.00127. The van der Waals surface area contributed by atoms with E-state index in [-0.39, 0.29) is 11.8 Å². The van der Waals surface area contributed by atoms with Gasteiger partial charge in [-0.2, -0.15) is 0 Å². The van der Waals surface area contributed by atoms with Crippen molar-refractivity contribution in [3.05, 3.63) is 65.2 Å². The van der Waals surface area contributed by atoms with Gasteiger partial charge in [-0.15, -0.1) is 11.6 Å². The van der Waals surface area contributed by atoms with Crippen molar-refractivity contribution in [1.29, 1.82) is 0 Å². The number of hydrogen-bond acceptors (Lipinski definition) is 2. The van der Waals surface area contributed by atoms with Gasteiger partial charge in [-0.3, -0.25) is 4.79 Å². The summed E-state index contributed by atoms with van der Waals surface area (Å²) in [4.78, 5) is 12.3. The number of ether oxygens (including phenoxy) is 1. The monoisotopic (exact) mass is 301 g/mol. The van der Waals surface area contributed by atoms with Gasteiger partial charge in [0.25, 0.3) is 0 Å². The third-order valence-electron chi connectivity index (χ3n) is 3.66. The first-order valence-corrected chi connectivity index (χ1v) is 7.44. The van der Waals surface area contributed by atoms with Crippen molar-refractivity contribution in [3.63, 3.8) is 0 Å². The number of halogens is 1. The maximum absolute atomic E-state index is 12.3. The number of nitrogens with one attached hydrogen (secondary N) is 1. The molecule has 0 saturated heterocycles. The minimum atomic E-state index is -0.219. The number of rotatable bonds is 4. The lowest BCUT2D eigenvalue weighted by Crippen LogP contribution is -2.29. The van der Waals surface area contributed by atoms with Crippen molar-refractivity contribution in [1.82, 2.24) is 5.32 Å². The predicted molar refractivity (Wildman–Crippen MR) is 82.5 cm³/mol. The summed E-state index contributed by atoms with van der Waals surface area (Å²) in [6.07, 6.45) is 0. The second-order valence-electron chi connectivity index (χ2n) is 5.07. The maximum Gasteiger partial charge on any atom is 0.231 e. The molecule has 0 spiro atoms. The third-order valence-corrected chi connectivity index (χ3v) is 3.97. The van der Waals surface area contributed by atoms with Crippen LogP contribution in [-0.4, -0.2) is 12.5 Å². The fourth-order valence-corrected chi connectivity index (χ4v) is 2.62. The van der Waals surface area contributed by atoms with Gasteiger partial charge in [-0.1, -0.05) is 42.5 Å². The zero-order valence-corrected chi connectivity index (χ0v) is 12.3. The number of fused-ring (bicyclic) bond motifs is 1. The first-order chi connectivity index (χ1) is 10.3. The Hall–Kier alpha value is -2.00. The standard InChI is InChI=1S/C17H16ClNO2/c18-9-12-5-7-13(8-6-12)10-19-17(20)15-11-21-16-4-2-1-3-14(15)16/h1-8,15H,9-11H2,(H,19,20). The zero-order chi connectivity index (χ0) is 14.7. The summed E-state index contributed by atoms with van der Waals surface area (Å²) in [5.41, 5.74) is 3.10. The van der Waals surface area contributed by atoms with Gasteiger partial charge in [-0.05, 0) is 17.2 Å². The van der Waals surface area contributed by atoms with Crippen molar-refractivity contribution < 1.29 is 9.53 Å². The molecule has 0 aromatic heterocycles. The Balaban J connectivity index is 1.62. The zero-order valence-electron chi connectivity index (χ0n) is 11.5. The molecule has 2 aromatic rings. The second kappa shape index (κ2) is 6.19. The van der Waals surface area contributed by atoms with Crippen LogP contribution in [0.15, 0.2) is 48.5 Å². The number of carbonyl (C=O) groups is 1. The normalized spacial score (nSPS) is 16.1. The summed E-state index contributed by atoms with van der Waals surface area (Å²) in [6, 6.07) is 15.6. The van der Waals surface area contributed by atoms with Gasteiger partial charge in [0.05, 0.1) is 0 Å². The summed E-state index contributed by atoms with van der Waals surface area (Å²) < 4.78 is 5.54. The molecule has 1 N–H and O–H groups in total. The molecule has 21 heavy (non-hydrogen) atoms. The largest absolute Gasteiger partial charge is 0.492 e. The average molecular weight is 302 g/mol. The van der Waals surface area contributed by atoms with Crippen molar-refractivity contribution in [2.24, 2.45) is 0 Å². The maximum atomic E-state index is 12.3. The van der Waals surface area contributed by atoms with Gasteiger partial charge in [0.2, 0.25) is 5.91 Å². The number of amides is 1. The van der Waals surface area contributed by atoms with E-state index in [2.05, 4.69) is 5.32 Å². The average Bonchev–Trinajstić information content (AvgIpc) is 2.97. The number of para-hydroxylation sites is 1. The Kier molecular flexibility index (Phi) is 4.11. The van der Waals surface area contributed by atoms with E-state index in [0.29, 0.717) is 19.0 Å². The third kappa shape index (κ3) is 3.03. The molecule has 3 nitrogen and oxygen atoms in total. The van der Waals surface area contributed by atoms with Crippen LogP contribution in [0.2, 0.25) is 0 Å². The molecular weight excluding hydrogens is 286 g/mol. The summed E-state index contributed by atoms with van der Waals surface area (Å²) in [5, 5.41) is 2.97. The molecule has 0 fully saturated rings. The first kappa shape index (κ1) is 14.0. The molecule has 4 heteroatoms. The van der Waals surface area contributed by atoms with Gasteiger partial charge in [0, 0.05) is 18.0 Å². The van der Waals surface area contributed by atoms with Crippen molar-refractivity contribution in [2.45, 2.75) is 18.3 Å². The number of benzene rings is 2. The molecule has 1 aliphatic heterocycles. The molecule has 0 aliphatic carbocycles. The van der Waals surface area contributed by atoms with E-state index in [0.717, 1.165) is 22.4 Å². The van der Waals surface area contributed by atoms with Crippen LogP contribution in [0.3, 0.4) is 0 Å². The molecule has 1 amide bonds. The molecule has 0 radical (unpaired) electrons. The van der Waals surface area contributed by atoms with Crippen LogP contribution in [0.4, 0.5) is 0 Å². The number of alkyl halides is 1. The SMILES string of the molecule is O=C(NCc1ccc(CCl)cc1)C1COc2ccccc21. The van der Waals surface area contributed by atoms with E-state index in [1.54, 1.807) is 0 Å². The van der Waals surface area contributed by atoms with E-state index in [4.69, 9.17) is 16.3 Å². The van der Waals surface area contributed by atoms with Crippen LogP contribution in [0.5, 0.6) is 5.75 Å². The fourth-order valence-electron chi connectivity index (χ4n) is 2.44. The Morgan fingerprint density at radius 2 is 1.86 bits per heavy atom. The van der Waals surface area contributed by atoms with Crippen molar-refractivity contribution in [3.8, 4) is 5.75 Å². The van der Waals surface area contributed by atoms with Crippen molar-refractivity contribution in [2.75, 3.05) is 6.61 Å². The molecule has 0 bridgehead atoms. The van der Waals surface area contributed by atoms with Crippen LogP contribution in [0, 0.1) is 0 Å². The molecule has 1 unspecified atom stereocenters. The van der Waals surface area contributed by atoms with Gasteiger partial charge < -0.3 is 10.1 Å². The predicted octanol–water partition coefficient (Wildman–Crippen LogP) is 3.22. The van der Waals surface area contributed by atoms with Crippen molar-refractivity contribution >= 4 is 17.5 Å². The highest BCUT2D eigenvalue weighted by atomic mass is 35.5.